The molecule has 6 nitrogen and oxygen atoms in total. The van der Waals surface area contributed by atoms with Gasteiger partial charge in [-0.3, -0.25) is 14.9 Å². The smallest absolute Gasteiger partial charge is 0.251 e. The van der Waals surface area contributed by atoms with E-state index in [4.69, 9.17) is 0 Å². The molecule has 150 valence electrons. The van der Waals surface area contributed by atoms with Crippen molar-refractivity contribution in [1.29, 1.82) is 0 Å². The molecule has 1 aliphatic carbocycles. The molecule has 0 aliphatic heterocycles. The van der Waals surface area contributed by atoms with Crippen LogP contribution in [0.4, 0.5) is 5.13 Å². The Morgan fingerprint density at radius 2 is 1.75 bits per heavy atom. The first-order valence-corrected chi connectivity index (χ1v) is 10.5. The summed E-state index contributed by atoms with van der Waals surface area (Å²) >= 11 is 1.41. The average Bonchev–Trinajstić information content (AvgIpc) is 3.38. The van der Waals surface area contributed by atoms with Crippen LogP contribution < -0.4 is 10.6 Å². The monoisotopic (exact) mass is 400 g/mol. The van der Waals surface area contributed by atoms with E-state index in [1.54, 1.807) is 12.1 Å². The van der Waals surface area contributed by atoms with Gasteiger partial charge in [0.15, 0.2) is 0 Å². The van der Waals surface area contributed by atoms with Gasteiger partial charge in [0.2, 0.25) is 11.0 Å². The van der Waals surface area contributed by atoms with Crippen molar-refractivity contribution in [2.24, 2.45) is 5.92 Å². The second-order valence-corrected chi connectivity index (χ2v) is 9.74. The highest BCUT2D eigenvalue weighted by Gasteiger charge is 2.29. The molecule has 1 heterocycles. The molecule has 2 N–H and O–H groups in total. The van der Waals surface area contributed by atoms with E-state index in [1.807, 2.05) is 26.0 Å². The van der Waals surface area contributed by atoms with E-state index in [1.165, 1.54) is 11.3 Å². The maximum atomic E-state index is 12.7. The third-order valence-electron chi connectivity index (χ3n) is 4.85. The Labute approximate surface area is 170 Å². The van der Waals surface area contributed by atoms with Crippen molar-refractivity contribution in [3.63, 3.8) is 0 Å². The summed E-state index contributed by atoms with van der Waals surface area (Å²) in [6.07, 6.45) is 2.28. The Hall–Kier alpha value is -2.28. The number of hydrogen-bond donors (Lipinski definition) is 2. The summed E-state index contributed by atoms with van der Waals surface area (Å²) in [4.78, 5) is 25.4. The molecule has 0 spiro atoms. The highest BCUT2D eigenvalue weighted by Crippen LogP contribution is 2.42. The molecular weight excluding hydrogens is 372 g/mol. The van der Waals surface area contributed by atoms with Gasteiger partial charge in [-0.25, -0.2) is 0 Å². The predicted molar refractivity (Wildman–Crippen MR) is 112 cm³/mol. The highest BCUT2D eigenvalue weighted by molar-refractivity contribution is 7.15. The average molecular weight is 401 g/mol. The van der Waals surface area contributed by atoms with E-state index in [0.29, 0.717) is 16.6 Å². The van der Waals surface area contributed by atoms with Gasteiger partial charge in [-0.2, -0.15) is 0 Å². The van der Waals surface area contributed by atoms with Gasteiger partial charge in [-0.05, 0) is 41.9 Å². The number of carbonyl (C=O) groups is 2. The van der Waals surface area contributed by atoms with E-state index < -0.39 is 6.04 Å². The molecule has 28 heavy (non-hydrogen) atoms. The van der Waals surface area contributed by atoms with Crippen LogP contribution in [0.2, 0.25) is 0 Å². The molecule has 0 radical (unpaired) electrons. The number of anilines is 1. The SMILES string of the molecule is CC(C)[C@@H](NC(=O)c1ccc(C(C)(C)C)cc1)C(=O)Nc1nnc(C2CC2)s1. The Bertz CT molecular complexity index is 848. The number of nitrogens with zero attached hydrogens (tertiary/aromatic N) is 2. The van der Waals surface area contributed by atoms with Crippen molar-refractivity contribution in [1.82, 2.24) is 15.5 Å². The van der Waals surface area contributed by atoms with Gasteiger partial charge in [-0.15, -0.1) is 10.2 Å². The van der Waals surface area contributed by atoms with Crippen molar-refractivity contribution in [2.75, 3.05) is 5.32 Å². The number of rotatable bonds is 6. The maximum absolute atomic E-state index is 12.7. The van der Waals surface area contributed by atoms with Gasteiger partial charge in [0.25, 0.3) is 5.91 Å². The van der Waals surface area contributed by atoms with Crippen molar-refractivity contribution >= 4 is 28.3 Å². The van der Waals surface area contributed by atoms with Crippen LogP contribution in [0.25, 0.3) is 0 Å². The van der Waals surface area contributed by atoms with E-state index in [-0.39, 0.29) is 23.1 Å². The Kier molecular flexibility index (Phi) is 5.84. The number of nitrogens with one attached hydrogen (secondary N) is 2. The summed E-state index contributed by atoms with van der Waals surface area (Å²) in [5.74, 6) is -0.0909. The van der Waals surface area contributed by atoms with Crippen LogP contribution >= 0.6 is 11.3 Å². The quantitative estimate of drug-likeness (QED) is 0.764. The minimum absolute atomic E-state index is 0.0242. The maximum Gasteiger partial charge on any atom is 0.251 e. The highest BCUT2D eigenvalue weighted by atomic mass is 32.1. The minimum Gasteiger partial charge on any atom is -0.340 e. The Morgan fingerprint density at radius 1 is 1.11 bits per heavy atom. The summed E-state index contributed by atoms with van der Waals surface area (Å²) < 4.78 is 0. The van der Waals surface area contributed by atoms with Crippen LogP contribution in [0, 0.1) is 5.92 Å². The molecule has 2 aromatic rings. The van der Waals surface area contributed by atoms with Gasteiger partial charge in [-0.1, -0.05) is 58.1 Å². The largest absolute Gasteiger partial charge is 0.340 e. The van der Waals surface area contributed by atoms with Crippen LogP contribution in [0.3, 0.4) is 0 Å². The molecule has 3 rings (SSSR count). The zero-order chi connectivity index (χ0) is 20.5. The zero-order valence-electron chi connectivity index (χ0n) is 17.1. The van der Waals surface area contributed by atoms with Crippen LogP contribution in [0.15, 0.2) is 24.3 Å². The van der Waals surface area contributed by atoms with E-state index in [0.717, 1.165) is 23.4 Å². The predicted octanol–water partition coefficient (Wildman–Crippen LogP) is 4.11. The van der Waals surface area contributed by atoms with Crippen molar-refractivity contribution in [3.05, 3.63) is 40.4 Å². The lowest BCUT2D eigenvalue weighted by Crippen LogP contribution is -2.47. The summed E-state index contributed by atoms with van der Waals surface area (Å²) in [7, 11) is 0. The molecule has 2 amide bonds. The molecule has 1 fully saturated rings. The van der Waals surface area contributed by atoms with E-state index in [2.05, 4.69) is 41.6 Å². The topological polar surface area (TPSA) is 84.0 Å². The minimum atomic E-state index is -0.650. The van der Waals surface area contributed by atoms with Crippen molar-refractivity contribution in [3.8, 4) is 0 Å². The fourth-order valence-corrected chi connectivity index (χ4v) is 3.76. The standard InChI is InChI=1S/C21H28N4O2S/c1-12(2)16(18(27)23-20-25-24-19(28-20)14-6-7-14)22-17(26)13-8-10-15(11-9-13)21(3,4)5/h8-12,14,16H,6-7H2,1-5H3,(H,22,26)(H,23,25,27)/t16-/m1/s1. The first kappa shape index (κ1) is 20.5. The van der Waals surface area contributed by atoms with Gasteiger partial charge >= 0.3 is 0 Å². The molecule has 1 aliphatic rings. The van der Waals surface area contributed by atoms with Gasteiger partial charge < -0.3 is 5.32 Å². The number of carbonyl (C=O) groups excluding carboxylic acids is 2. The van der Waals surface area contributed by atoms with Crippen LogP contribution in [-0.4, -0.2) is 28.1 Å². The number of amides is 2. The van der Waals surface area contributed by atoms with Gasteiger partial charge in [0.1, 0.15) is 11.0 Å². The lowest BCUT2D eigenvalue weighted by atomic mass is 9.86. The fraction of sp³-hybridized carbons (Fsp3) is 0.524. The summed E-state index contributed by atoms with van der Waals surface area (Å²) in [6.45, 7) is 10.2. The number of aromatic nitrogens is 2. The second kappa shape index (κ2) is 7.99. The molecule has 1 aromatic carbocycles. The Morgan fingerprint density at radius 3 is 2.29 bits per heavy atom. The van der Waals surface area contributed by atoms with Gasteiger partial charge in [0.05, 0.1) is 0 Å². The molecule has 1 atom stereocenters. The molecule has 0 unspecified atom stereocenters. The normalized spacial score (nSPS) is 15.4. The van der Waals surface area contributed by atoms with Crippen LogP contribution in [-0.2, 0) is 10.2 Å². The molecule has 1 aromatic heterocycles. The molecular formula is C21H28N4O2S. The summed E-state index contributed by atoms with van der Waals surface area (Å²) in [5, 5.41) is 15.3. The van der Waals surface area contributed by atoms with Crippen LogP contribution in [0.5, 0.6) is 0 Å². The zero-order valence-corrected chi connectivity index (χ0v) is 17.9. The Balaban J connectivity index is 1.65. The first-order chi connectivity index (χ1) is 13.1. The number of benzene rings is 1. The van der Waals surface area contributed by atoms with Gasteiger partial charge in [0, 0.05) is 11.5 Å². The summed E-state index contributed by atoms with van der Waals surface area (Å²) in [5.41, 5.74) is 1.72. The second-order valence-electron chi connectivity index (χ2n) is 8.73. The fourth-order valence-electron chi connectivity index (χ4n) is 2.84. The molecule has 0 saturated heterocycles. The van der Waals surface area contributed by atoms with E-state index in [9.17, 15) is 9.59 Å². The lowest BCUT2D eigenvalue weighted by Gasteiger charge is -2.22. The molecule has 7 heteroatoms. The third-order valence-corrected chi connectivity index (χ3v) is 5.85. The van der Waals surface area contributed by atoms with E-state index >= 15 is 0 Å². The third kappa shape index (κ3) is 4.95. The molecule has 1 saturated carbocycles. The lowest BCUT2D eigenvalue weighted by molar-refractivity contribution is -0.118. The summed E-state index contributed by atoms with van der Waals surface area (Å²) in [6, 6.07) is 6.87. The van der Waals surface area contributed by atoms with Crippen molar-refractivity contribution in [2.45, 2.75) is 64.8 Å². The number of hydrogen-bond acceptors (Lipinski definition) is 5. The van der Waals surface area contributed by atoms with Crippen molar-refractivity contribution < 1.29 is 9.59 Å². The first-order valence-electron chi connectivity index (χ1n) is 9.71. The molecule has 0 bridgehead atoms. The van der Waals surface area contributed by atoms with Crippen LogP contribution in [0.1, 0.15) is 74.3 Å².